The van der Waals surface area contributed by atoms with E-state index in [0.717, 1.165) is 30.6 Å². The Balaban J connectivity index is 0.00000112. The Hall–Kier alpha value is -0.770. The van der Waals surface area contributed by atoms with Crippen LogP contribution < -0.4 is 5.32 Å². The van der Waals surface area contributed by atoms with Gasteiger partial charge in [-0.15, -0.1) is 12.4 Å². The molecule has 1 aliphatic rings. The fourth-order valence-corrected chi connectivity index (χ4v) is 1.93. The highest BCUT2D eigenvalue weighted by atomic mass is 35.5. The van der Waals surface area contributed by atoms with Crippen molar-refractivity contribution >= 4 is 30.0 Å². The van der Waals surface area contributed by atoms with Gasteiger partial charge in [0.2, 0.25) is 0 Å². The molecule has 0 aromatic heterocycles. The van der Waals surface area contributed by atoms with Crippen LogP contribution in [-0.4, -0.2) is 17.6 Å². The number of carbonyl (C=O) groups is 1. The summed E-state index contributed by atoms with van der Waals surface area (Å²) in [5, 5.41) is 12.4. The van der Waals surface area contributed by atoms with Crippen molar-refractivity contribution in [2.45, 2.75) is 13.0 Å². The van der Waals surface area contributed by atoms with Crippen LogP contribution >= 0.6 is 24.0 Å². The smallest absolute Gasteiger partial charge is 0.337 e. The third kappa shape index (κ3) is 2.43. The maximum absolute atomic E-state index is 10.8. The van der Waals surface area contributed by atoms with Crippen LogP contribution in [-0.2, 0) is 13.0 Å². The Bertz CT molecular complexity index is 393. The van der Waals surface area contributed by atoms with E-state index in [1.165, 1.54) is 0 Å². The summed E-state index contributed by atoms with van der Waals surface area (Å²) in [7, 11) is 0. The fourth-order valence-electron chi connectivity index (χ4n) is 1.67. The summed E-state index contributed by atoms with van der Waals surface area (Å²) in [6, 6.07) is 3.42. The molecule has 0 aliphatic carbocycles. The summed E-state index contributed by atoms with van der Waals surface area (Å²) >= 11 is 5.85. The summed E-state index contributed by atoms with van der Waals surface area (Å²) in [6.07, 6.45) is 0.868. The van der Waals surface area contributed by atoms with Crippen molar-refractivity contribution in [3.63, 3.8) is 0 Å². The standard InChI is InChI=1S/C10H10ClNO2.ClH/c11-9-4-7-5-12-2-1-6(7)3-8(9)10(13)14;/h3-4,12H,1-2,5H2,(H,13,14);1H. The van der Waals surface area contributed by atoms with E-state index in [2.05, 4.69) is 5.32 Å². The molecule has 0 atom stereocenters. The highest BCUT2D eigenvalue weighted by Gasteiger charge is 2.15. The molecule has 15 heavy (non-hydrogen) atoms. The van der Waals surface area contributed by atoms with Gasteiger partial charge in [-0.3, -0.25) is 0 Å². The highest BCUT2D eigenvalue weighted by Crippen LogP contribution is 2.23. The van der Waals surface area contributed by atoms with E-state index in [0.29, 0.717) is 5.02 Å². The zero-order chi connectivity index (χ0) is 10.1. The van der Waals surface area contributed by atoms with Gasteiger partial charge in [-0.25, -0.2) is 4.79 Å². The van der Waals surface area contributed by atoms with Gasteiger partial charge in [0.15, 0.2) is 0 Å². The highest BCUT2D eigenvalue weighted by molar-refractivity contribution is 6.33. The predicted octanol–water partition coefficient (Wildman–Crippen LogP) is 2.11. The van der Waals surface area contributed by atoms with Crippen LogP contribution in [0.2, 0.25) is 5.02 Å². The quantitative estimate of drug-likeness (QED) is 0.800. The molecule has 0 unspecified atom stereocenters. The minimum atomic E-state index is -0.962. The number of hydrogen-bond acceptors (Lipinski definition) is 2. The maximum Gasteiger partial charge on any atom is 0.337 e. The normalized spacial score (nSPS) is 13.9. The van der Waals surface area contributed by atoms with Crippen LogP contribution in [0.3, 0.4) is 0 Å². The van der Waals surface area contributed by atoms with Crippen LogP contribution in [0.1, 0.15) is 21.5 Å². The molecule has 0 bridgehead atoms. The van der Waals surface area contributed by atoms with Gasteiger partial charge in [0.05, 0.1) is 10.6 Å². The van der Waals surface area contributed by atoms with Crippen molar-refractivity contribution in [1.29, 1.82) is 0 Å². The van der Waals surface area contributed by atoms with Crippen molar-refractivity contribution in [2.75, 3.05) is 6.54 Å². The molecule has 2 rings (SSSR count). The number of aromatic carboxylic acids is 1. The van der Waals surface area contributed by atoms with Crippen molar-refractivity contribution in [1.82, 2.24) is 5.32 Å². The Morgan fingerprint density at radius 1 is 1.40 bits per heavy atom. The van der Waals surface area contributed by atoms with Crippen LogP contribution in [0.5, 0.6) is 0 Å². The number of benzene rings is 1. The van der Waals surface area contributed by atoms with E-state index in [1.807, 2.05) is 0 Å². The van der Waals surface area contributed by atoms with E-state index in [1.54, 1.807) is 12.1 Å². The van der Waals surface area contributed by atoms with Gasteiger partial charge in [0.25, 0.3) is 0 Å². The number of carboxylic acids is 1. The third-order valence-corrected chi connectivity index (χ3v) is 2.72. The lowest BCUT2D eigenvalue weighted by Gasteiger charge is -2.17. The molecule has 0 saturated heterocycles. The van der Waals surface area contributed by atoms with Crippen LogP contribution in [0.25, 0.3) is 0 Å². The number of rotatable bonds is 1. The number of nitrogens with one attached hydrogen (secondary N) is 1. The monoisotopic (exact) mass is 247 g/mol. The van der Waals surface area contributed by atoms with Gasteiger partial charge in [-0.05, 0) is 36.2 Å². The van der Waals surface area contributed by atoms with E-state index in [-0.39, 0.29) is 18.0 Å². The van der Waals surface area contributed by atoms with Crippen LogP contribution in [0.4, 0.5) is 0 Å². The molecule has 1 aromatic carbocycles. The molecule has 5 heteroatoms. The first-order chi connectivity index (χ1) is 6.68. The molecule has 0 fully saturated rings. The summed E-state index contributed by atoms with van der Waals surface area (Å²) in [6.45, 7) is 1.67. The van der Waals surface area contributed by atoms with Gasteiger partial charge in [0, 0.05) is 6.54 Å². The second-order valence-electron chi connectivity index (χ2n) is 3.33. The molecule has 82 valence electrons. The molecule has 3 nitrogen and oxygen atoms in total. The Morgan fingerprint density at radius 2 is 2.13 bits per heavy atom. The molecule has 1 aliphatic heterocycles. The van der Waals surface area contributed by atoms with E-state index in [9.17, 15) is 4.79 Å². The first-order valence-electron chi connectivity index (χ1n) is 4.44. The summed E-state index contributed by atoms with van der Waals surface area (Å²) in [5.74, 6) is -0.962. The predicted molar refractivity (Wildman–Crippen MR) is 61.1 cm³/mol. The van der Waals surface area contributed by atoms with Crippen molar-refractivity contribution in [3.05, 3.63) is 33.8 Å². The lowest BCUT2D eigenvalue weighted by atomic mass is 9.98. The average molecular weight is 248 g/mol. The fraction of sp³-hybridized carbons (Fsp3) is 0.300. The SMILES string of the molecule is Cl.O=C(O)c1cc2c(cc1Cl)CNCC2. The summed E-state index contributed by atoms with van der Waals surface area (Å²) in [5.41, 5.74) is 2.39. The minimum Gasteiger partial charge on any atom is -0.478 e. The van der Waals surface area contributed by atoms with E-state index >= 15 is 0 Å². The Kier molecular flexibility index (Phi) is 3.97. The van der Waals surface area contributed by atoms with Gasteiger partial charge in [0.1, 0.15) is 0 Å². The molecule has 2 N–H and O–H groups in total. The van der Waals surface area contributed by atoms with Gasteiger partial charge < -0.3 is 10.4 Å². The van der Waals surface area contributed by atoms with E-state index in [4.69, 9.17) is 16.7 Å². The van der Waals surface area contributed by atoms with Crippen LogP contribution in [0.15, 0.2) is 12.1 Å². The third-order valence-electron chi connectivity index (χ3n) is 2.41. The van der Waals surface area contributed by atoms with Crippen molar-refractivity contribution in [2.24, 2.45) is 0 Å². The second kappa shape index (κ2) is 4.84. The lowest BCUT2D eigenvalue weighted by molar-refractivity contribution is 0.0697. The molecule has 0 amide bonds. The summed E-state index contributed by atoms with van der Waals surface area (Å²) < 4.78 is 0. The van der Waals surface area contributed by atoms with Crippen LogP contribution in [0, 0.1) is 0 Å². The molecule has 1 heterocycles. The largest absolute Gasteiger partial charge is 0.478 e. The second-order valence-corrected chi connectivity index (χ2v) is 3.74. The van der Waals surface area contributed by atoms with Crippen molar-refractivity contribution in [3.8, 4) is 0 Å². The first kappa shape index (κ1) is 12.3. The first-order valence-corrected chi connectivity index (χ1v) is 4.81. The Labute approximate surface area is 98.8 Å². The van der Waals surface area contributed by atoms with E-state index < -0.39 is 5.97 Å². The molecular formula is C10H11Cl2NO2. The maximum atomic E-state index is 10.8. The van der Waals surface area contributed by atoms with Gasteiger partial charge in [-0.1, -0.05) is 11.6 Å². The topological polar surface area (TPSA) is 49.3 Å². The number of hydrogen-bond donors (Lipinski definition) is 2. The number of carboxylic acid groups (broad SMARTS) is 1. The van der Waals surface area contributed by atoms with Gasteiger partial charge in [-0.2, -0.15) is 0 Å². The zero-order valence-corrected chi connectivity index (χ0v) is 9.49. The zero-order valence-electron chi connectivity index (χ0n) is 7.92. The van der Waals surface area contributed by atoms with Crippen molar-refractivity contribution < 1.29 is 9.90 Å². The molecule has 0 radical (unpaired) electrons. The van der Waals surface area contributed by atoms with Gasteiger partial charge >= 0.3 is 5.97 Å². The lowest BCUT2D eigenvalue weighted by Crippen LogP contribution is -2.24. The molecular weight excluding hydrogens is 237 g/mol. The number of fused-ring (bicyclic) bond motifs is 1. The molecule has 0 spiro atoms. The summed E-state index contributed by atoms with van der Waals surface area (Å²) in [4.78, 5) is 10.8. The Morgan fingerprint density at radius 3 is 2.80 bits per heavy atom. The molecule has 1 aromatic rings. The number of halogens is 2. The minimum absolute atomic E-state index is 0. The average Bonchev–Trinajstić information content (AvgIpc) is 2.16. The molecule has 0 saturated carbocycles.